The largest absolute Gasteiger partial charge is 0.340 e. The van der Waals surface area contributed by atoms with E-state index < -0.39 is 0 Å². The van der Waals surface area contributed by atoms with Crippen LogP contribution in [-0.2, 0) is 0 Å². The molecule has 0 saturated carbocycles. The number of hydrogen-bond acceptors (Lipinski definition) is 2. The fourth-order valence-corrected chi connectivity index (χ4v) is 1.87. The summed E-state index contributed by atoms with van der Waals surface area (Å²) in [6.07, 6.45) is 0.618. The van der Waals surface area contributed by atoms with Gasteiger partial charge in [-0.05, 0) is 25.0 Å². The number of aryl methyl sites for hydroxylation is 1. The summed E-state index contributed by atoms with van der Waals surface area (Å²) in [5, 5.41) is 3.40. The van der Waals surface area contributed by atoms with Gasteiger partial charge in [0.25, 0.3) is 0 Å². The number of nitrogens with two attached hydrogens (primary N) is 1. The predicted octanol–water partition coefficient (Wildman–Crippen LogP) is 3.55. The topological polar surface area (TPSA) is 50.4 Å². The molecule has 0 aliphatic heterocycles. The number of benzene rings is 2. The molecule has 2 aromatic rings. The first-order valence-electron chi connectivity index (χ1n) is 6.92. The molecule has 3 N–H and O–H groups in total. The van der Waals surface area contributed by atoms with E-state index in [1.165, 1.54) is 5.56 Å². The van der Waals surface area contributed by atoms with Gasteiger partial charge in [-0.1, -0.05) is 55.5 Å². The molecular formula is C17H21N3. The zero-order valence-corrected chi connectivity index (χ0v) is 12.0. The summed E-state index contributed by atoms with van der Waals surface area (Å²) in [5.41, 5.74) is 9.25. The van der Waals surface area contributed by atoms with Gasteiger partial charge in [0.15, 0.2) is 0 Å². The summed E-state index contributed by atoms with van der Waals surface area (Å²) < 4.78 is 0. The van der Waals surface area contributed by atoms with E-state index in [2.05, 4.69) is 23.3 Å². The third-order valence-corrected chi connectivity index (χ3v) is 3.16. The van der Waals surface area contributed by atoms with E-state index in [0.29, 0.717) is 0 Å². The summed E-state index contributed by atoms with van der Waals surface area (Å²) in [4.78, 5) is 4.58. The molecule has 0 aliphatic rings. The highest BCUT2D eigenvalue weighted by atomic mass is 15.1. The van der Waals surface area contributed by atoms with Gasteiger partial charge >= 0.3 is 0 Å². The van der Waals surface area contributed by atoms with Gasteiger partial charge in [-0.25, -0.2) is 4.99 Å². The van der Waals surface area contributed by atoms with E-state index >= 15 is 0 Å². The van der Waals surface area contributed by atoms with Crippen molar-refractivity contribution in [3.8, 4) is 0 Å². The van der Waals surface area contributed by atoms with E-state index in [1.54, 1.807) is 0 Å². The molecule has 0 fully saturated rings. The Hall–Kier alpha value is -2.13. The fourth-order valence-electron chi connectivity index (χ4n) is 1.87. The predicted molar refractivity (Wildman–Crippen MR) is 86.0 cm³/mol. The molecule has 0 heterocycles. The van der Waals surface area contributed by atoms with E-state index in [9.17, 15) is 0 Å². The van der Waals surface area contributed by atoms with Crippen molar-refractivity contribution in [3.05, 3.63) is 65.7 Å². The fraction of sp³-hybridized carbons (Fsp3) is 0.235. The minimum atomic E-state index is -0.193. The Bertz CT molecular complexity index is 576. The van der Waals surface area contributed by atoms with E-state index in [1.807, 2.05) is 55.5 Å². The molecule has 2 aromatic carbocycles. The standard InChI is InChI=1S/C17H21N3/c1-3-16(18)20-17(14-10-5-4-6-11-14)19-15-12-8-7-9-13(15)2/h4-12,16H,3,18H2,1-2H3,(H,19,20). The number of nitrogens with one attached hydrogen (secondary N) is 1. The summed E-state index contributed by atoms with van der Waals surface area (Å²) in [6.45, 7) is 4.11. The molecule has 20 heavy (non-hydrogen) atoms. The molecule has 2 rings (SSSR count). The van der Waals surface area contributed by atoms with Gasteiger partial charge in [0.1, 0.15) is 5.84 Å². The highest BCUT2D eigenvalue weighted by Crippen LogP contribution is 2.15. The zero-order valence-electron chi connectivity index (χ0n) is 12.0. The lowest BCUT2D eigenvalue weighted by atomic mass is 10.1. The Morgan fingerprint density at radius 2 is 1.75 bits per heavy atom. The number of amidine groups is 1. The summed E-state index contributed by atoms with van der Waals surface area (Å²) in [7, 11) is 0. The Morgan fingerprint density at radius 3 is 2.40 bits per heavy atom. The van der Waals surface area contributed by atoms with Crippen LogP contribution < -0.4 is 11.1 Å². The van der Waals surface area contributed by atoms with Gasteiger partial charge in [-0.15, -0.1) is 0 Å². The second-order valence-corrected chi connectivity index (χ2v) is 4.76. The number of aliphatic imine (C=N–C) groups is 1. The van der Waals surface area contributed by atoms with Crippen LogP contribution in [0.3, 0.4) is 0 Å². The van der Waals surface area contributed by atoms with Crippen molar-refractivity contribution in [1.29, 1.82) is 0 Å². The number of anilines is 1. The average molecular weight is 267 g/mol. The van der Waals surface area contributed by atoms with Gasteiger partial charge in [0.05, 0.1) is 6.17 Å². The summed E-state index contributed by atoms with van der Waals surface area (Å²) >= 11 is 0. The zero-order chi connectivity index (χ0) is 14.4. The van der Waals surface area contributed by atoms with E-state index in [4.69, 9.17) is 5.73 Å². The molecule has 3 nitrogen and oxygen atoms in total. The van der Waals surface area contributed by atoms with Crippen LogP contribution in [0.2, 0.25) is 0 Å². The highest BCUT2D eigenvalue weighted by molar-refractivity contribution is 6.08. The minimum Gasteiger partial charge on any atom is -0.340 e. The molecule has 0 radical (unpaired) electrons. The third kappa shape index (κ3) is 3.68. The summed E-state index contributed by atoms with van der Waals surface area (Å²) in [6, 6.07) is 18.2. The SMILES string of the molecule is CCC(N)N=C(Nc1ccccc1C)c1ccccc1. The van der Waals surface area contributed by atoms with Crippen molar-refractivity contribution >= 4 is 11.5 Å². The lowest BCUT2D eigenvalue weighted by Gasteiger charge is -2.14. The smallest absolute Gasteiger partial charge is 0.134 e. The van der Waals surface area contributed by atoms with Crippen LogP contribution in [0.25, 0.3) is 0 Å². The maximum atomic E-state index is 5.98. The molecule has 0 aromatic heterocycles. The molecule has 0 aliphatic carbocycles. The molecule has 1 unspecified atom stereocenters. The number of para-hydroxylation sites is 1. The second kappa shape index (κ2) is 6.87. The second-order valence-electron chi connectivity index (χ2n) is 4.76. The van der Waals surface area contributed by atoms with Crippen LogP contribution in [0.5, 0.6) is 0 Å². The quantitative estimate of drug-likeness (QED) is 0.657. The van der Waals surface area contributed by atoms with Gasteiger partial charge in [0, 0.05) is 11.3 Å². The van der Waals surface area contributed by atoms with Crippen LogP contribution in [0.15, 0.2) is 59.6 Å². The Morgan fingerprint density at radius 1 is 1.10 bits per heavy atom. The maximum absolute atomic E-state index is 5.98. The van der Waals surface area contributed by atoms with Gasteiger partial charge in [-0.3, -0.25) is 0 Å². The lowest BCUT2D eigenvalue weighted by Crippen LogP contribution is -2.23. The Labute approximate surface area is 120 Å². The Kier molecular flexibility index (Phi) is 4.91. The summed E-state index contributed by atoms with van der Waals surface area (Å²) in [5.74, 6) is 0.814. The lowest BCUT2D eigenvalue weighted by molar-refractivity contribution is 0.685. The molecule has 104 valence electrons. The molecule has 1 atom stereocenters. The van der Waals surface area contributed by atoms with Crippen LogP contribution in [0.4, 0.5) is 5.69 Å². The van der Waals surface area contributed by atoms with Crippen LogP contribution in [-0.4, -0.2) is 12.0 Å². The van der Waals surface area contributed by atoms with Crippen LogP contribution in [0, 0.1) is 6.92 Å². The number of hydrogen-bond donors (Lipinski definition) is 2. The van der Waals surface area contributed by atoms with Crippen molar-refractivity contribution < 1.29 is 0 Å². The van der Waals surface area contributed by atoms with Crippen LogP contribution >= 0.6 is 0 Å². The van der Waals surface area contributed by atoms with Crippen molar-refractivity contribution in [2.75, 3.05) is 5.32 Å². The van der Waals surface area contributed by atoms with Crippen molar-refractivity contribution in [2.24, 2.45) is 10.7 Å². The van der Waals surface area contributed by atoms with Crippen LogP contribution in [0.1, 0.15) is 24.5 Å². The average Bonchev–Trinajstić information content (AvgIpc) is 2.49. The van der Waals surface area contributed by atoms with Crippen molar-refractivity contribution in [2.45, 2.75) is 26.4 Å². The van der Waals surface area contributed by atoms with Crippen molar-refractivity contribution in [1.82, 2.24) is 0 Å². The van der Waals surface area contributed by atoms with E-state index in [0.717, 1.165) is 23.5 Å². The van der Waals surface area contributed by atoms with Gasteiger partial charge in [0.2, 0.25) is 0 Å². The minimum absolute atomic E-state index is 0.193. The first-order valence-corrected chi connectivity index (χ1v) is 6.92. The molecular weight excluding hydrogens is 246 g/mol. The first-order chi connectivity index (χ1) is 9.70. The molecule has 0 bridgehead atoms. The van der Waals surface area contributed by atoms with Gasteiger partial charge < -0.3 is 11.1 Å². The first kappa shape index (κ1) is 14.3. The monoisotopic (exact) mass is 267 g/mol. The number of nitrogens with zero attached hydrogens (tertiary/aromatic N) is 1. The normalized spacial score (nSPS) is 13.1. The molecule has 0 spiro atoms. The van der Waals surface area contributed by atoms with Gasteiger partial charge in [-0.2, -0.15) is 0 Å². The molecule has 0 amide bonds. The number of rotatable bonds is 4. The third-order valence-electron chi connectivity index (χ3n) is 3.16. The van der Waals surface area contributed by atoms with E-state index in [-0.39, 0.29) is 6.17 Å². The Balaban J connectivity index is 2.33. The van der Waals surface area contributed by atoms with Crippen molar-refractivity contribution in [3.63, 3.8) is 0 Å². The highest BCUT2D eigenvalue weighted by Gasteiger charge is 2.07. The molecule has 3 heteroatoms. The maximum Gasteiger partial charge on any atom is 0.134 e. The molecule has 0 saturated heterocycles.